The van der Waals surface area contributed by atoms with Crippen LogP contribution < -0.4 is 0 Å². The summed E-state index contributed by atoms with van der Waals surface area (Å²) in [6.07, 6.45) is 7.99. The third-order valence-electron chi connectivity index (χ3n) is 5.46. The molecule has 2 aliphatic rings. The van der Waals surface area contributed by atoms with E-state index in [1.54, 1.807) is 6.20 Å². The quantitative estimate of drug-likeness (QED) is 0.577. The lowest BCUT2D eigenvalue weighted by molar-refractivity contribution is -0.129. The Bertz CT molecular complexity index is 981. The Hall–Kier alpha value is -2.67. The molecule has 7 heteroatoms. The number of carbonyl (C=O) groups excluding carboxylic acids is 1. The smallest absolute Gasteiger partial charge is 0.240 e. The fourth-order valence-electron chi connectivity index (χ4n) is 3.81. The van der Waals surface area contributed by atoms with E-state index in [2.05, 4.69) is 19.7 Å². The summed E-state index contributed by atoms with van der Waals surface area (Å²) in [5, 5.41) is 9.49. The number of benzene rings is 1. The summed E-state index contributed by atoms with van der Waals surface area (Å²) < 4.78 is 2.20. The summed E-state index contributed by atoms with van der Waals surface area (Å²) in [5.41, 5.74) is 1.98. The van der Waals surface area contributed by atoms with Gasteiger partial charge in [0.2, 0.25) is 5.91 Å². The molecule has 1 aromatic carbocycles. The molecule has 1 unspecified atom stereocenters. The van der Waals surface area contributed by atoms with E-state index in [0.29, 0.717) is 6.04 Å². The van der Waals surface area contributed by atoms with Gasteiger partial charge >= 0.3 is 0 Å². The van der Waals surface area contributed by atoms with Gasteiger partial charge in [-0.1, -0.05) is 42.1 Å². The molecule has 2 fully saturated rings. The van der Waals surface area contributed by atoms with Crippen molar-refractivity contribution in [1.82, 2.24) is 24.6 Å². The van der Waals surface area contributed by atoms with Gasteiger partial charge in [-0.3, -0.25) is 14.3 Å². The molecule has 3 aromatic rings. The number of hydrogen-bond donors (Lipinski definition) is 0. The SMILES string of the molecule is O=C(C(Sc1nnc(-c2cccnc2)n1C1CC1)c1ccccc1)N1CCCC1. The molecule has 1 amide bonds. The summed E-state index contributed by atoms with van der Waals surface area (Å²) >= 11 is 1.52. The predicted octanol–water partition coefficient (Wildman–Crippen LogP) is 4.13. The normalized spacial score (nSPS) is 17.4. The highest BCUT2D eigenvalue weighted by Crippen LogP contribution is 2.44. The minimum Gasteiger partial charge on any atom is -0.341 e. The summed E-state index contributed by atoms with van der Waals surface area (Å²) in [6, 6.07) is 14.4. The second kappa shape index (κ2) is 7.99. The maximum absolute atomic E-state index is 13.4. The van der Waals surface area contributed by atoms with Crippen LogP contribution in [0, 0.1) is 0 Å². The third kappa shape index (κ3) is 3.79. The van der Waals surface area contributed by atoms with Crippen molar-refractivity contribution >= 4 is 17.7 Å². The number of hydrogen-bond acceptors (Lipinski definition) is 5. The number of aromatic nitrogens is 4. The molecule has 1 atom stereocenters. The van der Waals surface area contributed by atoms with E-state index in [1.165, 1.54) is 11.8 Å². The number of amides is 1. The first-order valence-corrected chi connectivity index (χ1v) is 11.0. The number of rotatable bonds is 6. The van der Waals surface area contributed by atoms with Crippen LogP contribution in [0.25, 0.3) is 11.4 Å². The molecule has 0 spiro atoms. The molecule has 1 saturated heterocycles. The lowest BCUT2D eigenvalue weighted by Gasteiger charge is -2.23. The zero-order chi connectivity index (χ0) is 19.6. The van der Waals surface area contributed by atoms with Crippen LogP contribution in [0.15, 0.2) is 60.0 Å². The highest BCUT2D eigenvalue weighted by Gasteiger charge is 2.34. The molecule has 0 radical (unpaired) electrons. The topological polar surface area (TPSA) is 63.9 Å². The maximum atomic E-state index is 13.4. The van der Waals surface area contributed by atoms with Gasteiger partial charge < -0.3 is 4.90 Å². The van der Waals surface area contributed by atoms with E-state index in [0.717, 1.165) is 60.9 Å². The fourth-order valence-corrected chi connectivity index (χ4v) is 5.00. The maximum Gasteiger partial charge on any atom is 0.240 e. The molecule has 3 heterocycles. The first-order valence-electron chi connectivity index (χ1n) is 10.2. The zero-order valence-corrected chi connectivity index (χ0v) is 17.0. The Morgan fingerprint density at radius 2 is 1.83 bits per heavy atom. The second-order valence-corrected chi connectivity index (χ2v) is 8.66. The Labute approximate surface area is 174 Å². The van der Waals surface area contributed by atoms with E-state index in [-0.39, 0.29) is 11.2 Å². The van der Waals surface area contributed by atoms with Crippen molar-refractivity contribution < 1.29 is 4.79 Å². The lowest BCUT2D eigenvalue weighted by atomic mass is 10.1. The van der Waals surface area contributed by atoms with Crippen LogP contribution in [0.4, 0.5) is 0 Å². The molecule has 29 heavy (non-hydrogen) atoms. The summed E-state index contributed by atoms with van der Waals surface area (Å²) in [5.74, 6) is 1.01. The Balaban J connectivity index is 1.50. The van der Waals surface area contributed by atoms with Gasteiger partial charge in [-0.2, -0.15) is 0 Å². The highest BCUT2D eigenvalue weighted by atomic mass is 32.2. The Morgan fingerprint density at radius 3 is 2.52 bits per heavy atom. The van der Waals surface area contributed by atoms with Gasteiger partial charge in [-0.05, 0) is 43.4 Å². The minimum atomic E-state index is -0.308. The van der Waals surface area contributed by atoms with E-state index >= 15 is 0 Å². The van der Waals surface area contributed by atoms with E-state index in [4.69, 9.17) is 0 Å². The van der Waals surface area contributed by atoms with Gasteiger partial charge in [0.25, 0.3) is 0 Å². The average molecular weight is 406 g/mol. The molecule has 1 aliphatic heterocycles. The van der Waals surface area contributed by atoms with E-state index in [1.807, 2.05) is 53.6 Å². The van der Waals surface area contributed by atoms with Crippen LogP contribution in [0.3, 0.4) is 0 Å². The molecular weight excluding hydrogens is 382 g/mol. The number of carbonyl (C=O) groups is 1. The van der Waals surface area contributed by atoms with Gasteiger partial charge in [0.15, 0.2) is 11.0 Å². The summed E-state index contributed by atoms with van der Waals surface area (Å²) in [6.45, 7) is 1.69. The van der Waals surface area contributed by atoms with Gasteiger partial charge in [-0.25, -0.2) is 0 Å². The van der Waals surface area contributed by atoms with Crippen LogP contribution in [-0.4, -0.2) is 43.6 Å². The van der Waals surface area contributed by atoms with Gasteiger partial charge in [0.1, 0.15) is 5.25 Å². The van der Waals surface area contributed by atoms with E-state index in [9.17, 15) is 4.79 Å². The number of nitrogens with zero attached hydrogens (tertiary/aromatic N) is 5. The van der Waals surface area contributed by atoms with Crippen molar-refractivity contribution in [2.45, 2.75) is 42.1 Å². The van der Waals surface area contributed by atoms with Gasteiger partial charge in [0.05, 0.1) is 0 Å². The Morgan fingerprint density at radius 1 is 1.03 bits per heavy atom. The van der Waals surface area contributed by atoms with Crippen LogP contribution in [-0.2, 0) is 4.79 Å². The average Bonchev–Trinajstić information content (AvgIpc) is 3.29. The van der Waals surface area contributed by atoms with Crippen LogP contribution >= 0.6 is 11.8 Å². The first kappa shape index (κ1) is 18.4. The van der Waals surface area contributed by atoms with Crippen molar-refractivity contribution in [2.24, 2.45) is 0 Å². The molecule has 1 saturated carbocycles. The molecule has 6 nitrogen and oxygen atoms in total. The molecule has 2 aromatic heterocycles. The van der Waals surface area contributed by atoms with Crippen molar-refractivity contribution in [3.05, 3.63) is 60.4 Å². The van der Waals surface area contributed by atoms with Crippen LogP contribution in [0.2, 0.25) is 0 Å². The molecule has 0 bridgehead atoms. The van der Waals surface area contributed by atoms with Crippen LogP contribution in [0.5, 0.6) is 0 Å². The largest absolute Gasteiger partial charge is 0.341 e. The molecule has 1 aliphatic carbocycles. The predicted molar refractivity (Wildman–Crippen MR) is 112 cm³/mol. The monoisotopic (exact) mass is 405 g/mol. The van der Waals surface area contributed by atoms with Crippen molar-refractivity contribution in [1.29, 1.82) is 0 Å². The van der Waals surface area contributed by atoms with Crippen molar-refractivity contribution in [2.75, 3.05) is 13.1 Å². The van der Waals surface area contributed by atoms with Crippen LogP contribution in [0.1, 0.15) is 42.5 Å². The third-order valence-corrected chi connectivity index (χ3v) is 6.66. The summed E-state index contributed by atoms with van der Waals surface area (Å²) in [4.78, 5) is 19.6. The Kier molecular flexibility index (Phi) is 5.06. The van der Waals surface area contributed by atoms with E-state index < -0.39 is 0 Å². The lowest BCUT2D eigenvalue weighted by Crippen LogP contribution is -2.31. The fraction of sp³-hybridized carbons (Fsp3) is 0.364. The first-order chi connectivity index (χ1) is 14.3. The molecule has 148 valence electrons. The summed E-state index contributed by atoms with van der Waals surface area (Å²) in [7, 11) is 0. The van der Waals surface area contributed by atoms with Crippen molar-refractivity contribution in [3.63, 3.8) is 0 Å². The zero-order valence-electron chi connectivity index (χ0n) is 16.1. The minimum absolute atomic E-state index is 0.173. The number of pyridine rings is 1. The van der Waals surface area contributed by atoms with Gasteiger partial charge in [-0.15, -0.1) is 10.2 Å². The number of likely N-dealkylation sites (tertiary alicyclic amines) is 1. The molecular formula is C22H23N5OS. The second-order valence-electron chi connectivity index (χ2n) is 7.59. The molecule has 5 rings (SSSR count). The molecule has 0 N–H and O–H groups in total. The highest BCUT2D eigenvalue weighted by molar-refractivity contribution is 8.00. The van der Waals surface area contributed by atoms with Crippen molar-refractivity contribution in [3.8, 4) is 11.4 Å². The standard InChI is InChI=1S/C22H23N5OS/c28-21(26-13-4-5-14-26)19(16-7-2-1-3-8-16)29-22-25-24-20(27(22)18-10-11-18)17-9-6-12-23-15-17/h1-3,6-9,12,15,18-19H,4-5,10-11,13-14H2. The number of thioether (sulfide) groups is 1. The van der Waals surface area contributed by atoms with Gasteiger partial charge in [0, 0.05) is 37.1 Å².